The van der Waals surface area contributed by atoms with Crippen LogP contribution in [0.2, 0.25) is 0 Å². The van der Waals surface area contributed by atoms with Crippen LogP contribution in [0.5, 0.6) is 0 Å². The lowest BCUT2D eigenvalue weighted by Crippen LogP contribution is -2.11. The standard InChI is InChI=1S/C58H37NO2/c1-2-16-38(17-3-1)44-27-12-18-39-19-13-30-50(56(39)44)47-24-4-7-33-53(47)59(42-22-10-20-40(36-42)45-28-14-31-51-48-25-5-8-34-54(48)60-57(45)51)43-23-11-21-41(37-43)46-29-15-32-52-49-26-6-9-35-55(49)61-58(46)52/h1-37H. The van der Waals surface area contributed by atoms with Gasteiger partial charge in [0.2, 0.25) is 0 Å². The third kappa shape index (κ3) is 5.82. The molecule has 12 aromatic rings. The molecular formula is C58H37NO2. The number of nitrogens with zero attached hydrogens (tertiary/aromatic N) is 1. The van der Waals surface area contributed by atoms with Gasteiger partial charge in [-0.25, -0.2) is 0 Å². The summed E-state index contributed by atoms with van der Waals surface area (Å²) in [5.74, 6) is 0. The molecule has 0 spiro atoms. The molecule has 0 unspecified atom stereocenters. The Morgan fingerprint density at radius 2 is 0.738 bits per heavy atom. The predicted octanol–water partition coefficient (Wildman–Crippen LogP) is 16.8. The van der Waals surface area contributed by atoms with Crippen LogP contribution in [-0.4, -0.2) is 0 Å². The third-order valence-corrected chi connectivity index (χ3v) is 12.1. The first kappa shape index (κ1) is 34.9. The molecular weight excluding hydrogens is 743 g/mol. The van der Waals surface area contributed by atoms with Crippen molar-refractivity contribution in [3.63, 3.8) is 0 Å². The summed E-state index contributed by atoms with van der Waals surface area (Å²) in [6.45, 7) is 0. The smallest absolute Gasteiger partial charge is 0.143 e. The highest BCUT2D eigenvalue weighted by molar-refractivity contribution is 6.12. The number of para-hydroxylation sites is 5. The van der Waals surface area contributed by atoms with E-state index in [4.69, 9.17) is 8.83 Å². The lowest BCUT2D eigenvalue weighted by atomic mass is 9.90. The van der Waals surface area contributed by atoms with Crippen molar-refractivity contribution in [2.45, 2.75) is 0 Å². The van der Waals surface area contributed by atoms with Gasteiger partial charge in [0.25, 0.3) is 0 Å². The number of benzene rings is 10. The first-order chi connectivity index (χ1) is 30.3. The molecule has 2 aromatic heterocycles. The van der Waals surface area contributed by atoms with Crippen LogP contribution in [0.25, 0.3) is 99.2 Å². The van der Waals surface area contributed by atoms with Crippen molar-refractivity contribution in [3.8, 4) is 44.5 Å². The Labute approximate surface area is 353 Å². The van der Waals surface area contributed by atoms with Gasteiger partial charge in [-0.3, -0.25) is 0 Å². The second-order valence-electron chi connectivity index (χ2n) is 15.6. The average Bonchev–Trinajstić information content (AvgIpc) is 3.91. The molecule has 0 amide bonds. The molecule has 10 aromatic carbocycles. The van der Waals surface area contributed by atoms with Gasteiger partial charge >= 0.3 is 0 Å². The van der Waals surface area contributed by atoms with Gasteiger partial charge in [0.15, 0.2) is 0 Å². The third-order valence-electron chi connectivity index (χ3n) is 12.1. The summed E-state index contributed by atoms with van der Waals surface area (Å²) in [4.78, 5) is 2.41. The Morgan fingerprint density at radius 3 is 1.36 bits per heavy atom. The van der Waals surface area contributed by atoms with Crippen molar-refractivity contribution < 1.29 is 8.83 Å². The number of fused-ring (bicyclic) bond motifs is 7. The summed E-state index contributed by atoms with van der Waals surface area (Å²) >= 11 is 0. The number of furan rings is 2. The highest BCUT2D eigenvalue weighted by Crippen LogP contribution is 2.47. The van der Waals surface area contributed by atoms with Crippen LogP contribution in [0.1, 0.15) is 0 Å². The van der Waals surface area contributed by atoms with Gasteiger partial charge in [-0.2, -0.15) is 0 Å². The molecule has 0 N–H and O–H groups in total. The molecule has 3 heteroatoms. The lowest BCUT2D eigenvalue weighted by molar-refractivity contribution is 0.669. The second kappa shape index (κ2) is 14.3. The lowest BCUT2D eigenvalue weighted by Gasteiger charge is -2.29. The highest BCUT2D eigenvalue weighted by Gasteiger charge is 2.22. The largest absolute Gasteiger partial charge is 0.455 e. The summed E-state index contributed by atoms with van der Waals surface area (Å²) in [6.07, 6.45) is 0. The summed E-state index contributed by atoms with van der Waals surface area (Å²) in [5.41, 5.74) is 15.6. The van der Waals surface area contributed by atoms with Crippen molar-refractivity contribution >= 4 is 71.7 Å². The first-order valence-corrected chi connectivity index (χ1v) is 20.7. The van der Waals surface area contributed by atoms with Gasteiger partial charge in [0.05, 0.1) is 5.69 Å². The number of rotatable bonds is 7. The monoisotopic (exact) mass is 779 g/mol. The Hall–Kier alpha value is -8.14. The molecule has 0 aliphatic rings. The molecule has 0 saturated carbocycles. The van der Waals surface area contributed by atoms with Gasteiger partial charge in [-0.05, 0) is 81.1 Å². The van der Waals surface area contributed by atoms with E-state index >= 15 is 0 Å². The predicted molar refractivity (Wildman–Crippen MR) is 255 cm³/mol. The SMILES string of the molecule is c1ccc(-c2cccc3cccc(-c4ccccc4N(c4cccc(-c5cccc6c5oc5ccccc56)c4)c4cccc(-c5cccc6c5oc5ccccc56)c4)c23)cc1. The van der Waals surface area contributed by atoms with E-state index in [1.807, 2.05) is 24.3 Å². The molecule has 61 heavy (non-hydrogen) atoms. The quantitative estimate of drug-likeness (QED) is 0.161. The van der Waals surface area contributed by atoms with E-state index in [1.165, 1.54) is 27.5 Å². The minimum Gasteiger partial charge on any atom is -0.455 e. The van der Waals surface area contributed by atoms with E-state index in [1.54, 1.807) is 0 Å². The van der Waals surface area contributed by atoms with Crippen molar-refractivity contribution in [2.24, 2.45) is 0 Å². The fourth-order valence-electron chi connectivity index (χ4n) is 9.32. The van der Waals surface area contributed by atoms with E-state index in [9.17, 15) is 0 Å². The van der Waals surface area contributed by atoms with Crippen LogP contribution < -0.4 is 4.90 Å². The summed E-state index contributed by atoms with van der Waals surface area (Å²) in [6, 6.07) is 80.0. The Morgan fingerprint density at radius 1 is 0.295 bits per heavy atom. The normalized spacial score (nSPS) is 11.6. The van der Waals surface area contributed by atoms with E-state index in [0.717, 1.165) is 88.8 Å². The zero-order valence-corrected chi connectivity index (χ0v) is 33.1. The van der Waals surface area contributed by atoms with Crippen LogP contribution >= 0.6 is 0 Å². The Balaban J connectivity index is 1.09. The molecule has 0 aliphatic carbocycles. The average molecular weight is 780 g/mol. The molecule has 3 nitrogen and oxygen atoms in total. The summed E-state index contributed by atoms with van der Waals surface area (Å²) in [7, 11) is 0. The minimum atomic E-state index is 0.887. The molecule has 0 atom stereocenters. The van der Waals surface area contributed by atoms with E-state index in [0.29, 0.717) is 0 Å². The molecule has 286 valence electrons. The van der Waals surface area contributed by atoms with Crippen molar-refractivity contribution in [2.75, 3.05) is 4.90 Å². The Kier molecular flexibility index (Phi) is 8.17. The molecule has 0 aliphatic heterocycles. The summed E-state index contributed by atoms with van der Waals surface area (Å²) in [5, 5.41) is 6.87. The minimum absolute atomic E-state index is 0.887. The summed E-state index contributed by atoms with van der Waals surface area (Å²) < 4.78 is 13.1. The number of hydrogen-bond donors (Lipinski definition) is 0. The molecule has 0 radical (unpaired) electrons. The molecule has 2 heterocycles. The van der Waals surface area contributed by atoms with E-state index in [-0.39, 0.29) is 0 Å². The topological polar surface area (TPSA) is 29.5 Å². The zero-order chi connectivity index (χ0) is 40.3. The van der Waals surface area contributed by atoms with Crippen molar-refractivity contribution in [1.29, 1.82) is 0 Å². The molecule has 0 saturated heterocycles. The molecule has 0 fully saturated rings. The van der Waals surface area contributed by atoms with Crippen LogP contribution in [0.15, 0.2) is 233 Å². The molecule has 0 bridgehead atoms. The van der Waals surface area contributed by atoms with Gasteiger partial charge in [-0.1, -0.05) is 182 Å². The van der Waals surface area contributed by atoms with E-state index in [2.05, 4.69) is 205 Å². The van der Waals surface area contributed by atoms with Crippen molar-refractivity contribution in [3.05, 3.63) is 224 Å². The fourth-order valence-corrected chi connectivity index (χ4v) is 9.32. The van der Waals surface area contributed by atoms with E-state index < -0.39 is 0 Å². The van der Waals surface area contributed by atoms with Gasteiger partial charge in [0.1, 0.15) is 22.3 Å². The van der Waals surface area contributed by atoms with Gasteiger partial charge in [-0.15, -0.1) is 0 Å². The van der Waals surface area contributed by atoms with Crippen LogP contribution in [-0.2, 0) is 0 Å². The maximum absolute atomic E-state index is 6.57. The van der Waals surface area contributed by atoms with Gasteiger partial charge in [0, 0.05) is 49.6 Å². The van der Waals surface area contributed by atoms with Crippen LogP contribution in [0.4, 0.5) is 17.1 Å². The zero-order valence-electron chi connectivity index (χ0n) is 33.1. The molecule has 12 rings (SSSR count). The second-order valence-corrected chi connectivity index (χ2v) is 15.6. The van der Waals surface area contributed by atoms with Crippen LogP contribution in [0.3, 0.4) is 0 Å². The Bertz CT molecular complexity index is 3450. The van der Waals surface area contributed by atoms with Crippen molar-refractivity contribution in [1.82, 2.24) is 0 Å². The fraction of sp³-hybridized carbons (Fsp3) is 0. The first-order valence-electron chi connectivity index (χ1n) is 20.7. The maximum atomic E-state index is 6.57. The van der Waals surface area contributed by atoms with Crippen LogP contribution in [0, 0.1) is 0 Å². The number of hydrogen-bond acceptors (Lipinski definition) is 3. The highest BCUT2D eigenvalue weighted by atomic mass is 16.3. The maximum Gasteiger partial charge on any atom is 0.143 e. The van der Waals surface area contributed by atoms with Gasteiger partial charge < -0.3 is 13.7 Å². The number of anilines is 3.